The maximum atomic E-state index is 13.3. The number of hydrogen-bond donors (Lipinski definition) is 0. The standard InChI is InChI=1S/C10H11ClFNO/c1-2-13(10(14)7-11)9-6-4-3-5-8(9)12/h3-6H,2,7H2,1H3. The number of amides is 1. The molecule has 0 radical (unpaired) electrons. The van der Waals surface area contributed by atoms with Gasteiger partial charge >= 0.3 is 0 Å². The Morgan fingerprint density at radius 3 is 2.64 bits per heavy atom. The predicted molar refractivity (Wildman–Crippen MR) is 55.1 cm³/mol. The van der Waals surface area contributed by atoms with Crippen LogP contribution in [0.15, 0.2) is 24.3 Å². The van der Waals surface area contributed by atoms with Crippen LogP contribution in [-0.2, 0) is 4.79 Å². The minimum atomic E-state index is -0.409. The molecule has 0 fully saturated rings. The molecule has 0 aliphatic rings. The van der Waals surface area contributed by atoms with E-state index in [9.17, 15) is 9.18 Å². The Labute approximate surface area is 87.3 Å². The lowest BCUT2D eigenvalue weighted by Gasteiger charge is -2.20. The van der Waals surface area contributed by atoms with Gasteiger partial charge in [-0.15, -0.1) is 11.6 Å². The lowest BCUT2D eigenvalue weighted by molar-refractivity contribution is -0.116. The van der Waals surface area contributed by atoms with Gasteiger partial charge in [0, 0.05) is 6.54 Å². The van der Waals surface area contributed by atoms with Crippen molar-refractivity contribution in [3.05, 3.63) is 30.1 Å². The molecular formula is C10H11ClFNO. The molecule has 1 aromatic carbocycles. The van der Waals surface area contributed by atoms with Gasteiger partial charge in [-0.1, -0.05) is 12.1 Å². The molecule has 0 spiro atoms. The van der Waals surface area contributed by atoms with Gasteiger partial charge in [-0.3, -0.25) is 4.79 Å². The van der Waals surface area contributed by atoms with E-state index in [1.807, 2.05) is 0 Å². The molecule has 0 aromatic heterocycles. The largest absolute Gasteiger partial charge is 0.309 e. The minimum Gasteiger partial charge on any atom is -0.309 e. The van der Waals surface area contributed by atoms with E-state index in [1.165, 1.54) is 11.0 Å². The van der Waals surface area contributed by atoms with E-state index in [0.717, 1.165) is 0 Å². The summed E-state index contributed by atoms with van der Waals surface area (Å²) in [6, 6.07) is 6.14. The number of anilines is 1. The van der Waals surface area contributed by atoms with Crippen LogP contribution in [0.4, 0.5) is 10.1 Å². The molecule has 1 amide bonds. The van der Waals surface area contributed by atoms with E-state index >= 15 is 0 Å². The van der Waals surface area contributed by atoms with Crippen LogP contribution < -0.4 is 4.90 Å². The fraction of sp³-hybridized carbons (Fsp3) is 0.300. The molecule has 1 aromatic rings. The van der Waals surface area contributed by atoms with Gasteiger partial charge < -0.3 is 4.90 Å². The number of rotatable bonds is 3. The van der Waals surface area contributed by atoms with E-state index < -0.39 is 5.82 Å². The zero-order valence-corrected chi connectivity index (χ0v) is 8.59. The third-order valence-electron chi connectivity index (χ3n) is 1.87. The maximum absolute atomic E-state index is 13.3. The summed E-state index contributed by atoms with van der Waals surface area (Å²) in [5, 5.41) is 0. The average Bonchev–Trinajstić information content (AvgIpc) is 2.21. The molecule has 0 heterocycles. The van der Waals surface area contributed by atoms with Gasteiger partial charge in [-0.05, 0) is 19.1 Å². The van der Waals surface area contributed by atoms with E-state index in [4.69, 9.17) is 11.6 Å². The van der Waals surface area contributed by atoms with E-state index in [0.29, 0.717) is 6.54 Å². The normalized spacial score (nSPS) is 9.93. The Balaban J connectivity index is 3.01. The van der Waals surface area contributed by atoms with Crippen molar-refractivity contribution in [3.8, 4) is 0 Å². The monoisotopic (exact) mass is 215 g/mol. The zero-order chi connectivity index (χ0) is 10.6. The first kappa shape index (κ1) is 11.0. The summed E-state index contributed by atoms with van der Waals surface area (Å²) in [6.07, 6.45) is 0. The quantitative estimate of drug-likeness (QED) is 0.710. The van der Waals surface area contributed by atoms with Crippen molar-refractivity contribution in [2.45, 2.75) is 6.92 Å². The Bertz CT molecular complexity index is 330. The van der Waals surface area contributed by atoms with E-state index in [2.05, 4.69) is 0 Å². The smallest absolute Gasteiger partial charge is 0.241 e. The van der Waals surface area contributed by atoms with Crippen LogP contribution in [-0.4, -0.2) is 18.3 Å². The van der Waals surface area contributed by atoms with Crippen molar-refractivity contribution in [1.82, 2.24) is 0 Å². The minimum absolute atomic E-state index is 0.137. The predicted octanol–water partition coefficient (Wildman–Crippen LogP) is 2.42. The molecule has 14 heavy (non-hydrogen) atoms. The van der Waals surface area contributed by atoms with Crippen molar-refractivity contribution in [1.29, 1.82) is 0 Å². The highest BCUT2D eigenvalue weighted by molar-refractivity contribution is 6.29. The SMILES string of the molecule is CCN(C(=O)CCl)c1ccccc1F. The summed E-state index contributed by atoms with van der Waals surface area (Å²) < 4.78 is 13.3. The van der Waals surface area contributed by atoms with Crippen LogP contribution in [0.2, 0.25) is 0 Å². The number of para-hydroxylation sites is 1. The summed E-state index contributed by atoms with van der Waals surface area (Å²) in [5.74, 6) is -0.839. The lowest BCUT2D eigenvalue weighted by atomic mass is 10.2. The number of hydrogen-bond acceptors (Lipinski definition) is 1. The summed E-state index contributed by atoms with van der Waals surface area (Å²) in [5.41, 5.74) is 0.278. The number of alkyl halides is 1. The molecule has 76 valence electrons. The van der Waals surface area contributed by atoms with E-state index in [1.54, 1.807) is 25.1 Å². The fourth-order valence-electron chi connectivity index (χ4n) is 1.22. The third kappa shape index (κ3) is 2.23. The van der Waals surface area contributed by atoms with Crippen LogP contribution in [0.25, 0.3) is 0 Å². The Kier molecular flexibility index (Phi) is 3.89. The van der Waals surface area contributed by atoms with Crippen molar-refractivity contribution in [2.24, 2.45) is 0 Å². The molecule has 0 saturated carbocycles. The Morgan fingerprint density at radius 1 is 1.50 bits per heavy atom. The molecule has 0 aliphatic carbocycles. The zero-order valence-electron chi connectivity index (χ0n) is 7.84. The van der Waals surface area contributed by atoms with Crippen molar-refractivity contribution < 1.29 is 9.18 Å². The highest BCUT2D eigenvalue weighted by Gasteiger charge is 2.15. The molecular weight excluding hydrogens is 205 g/mol. The fourth-order valence-corrected chi connectivity index (χ4v) is 1.37. The molecule has 0 N–H and O–H groups in total. The first-order valence-electron chi connectivity index (χ1n) is 4.31. The second kappa shape index (κ2) is 4.96. The van der Waals surface area contributed by atoms with Crippen LogP contribution in [0.3, 0.4) is 0 Å². The first-order chi connectivity index (χ1) is 6.70. The number of carbonyl (C=O) groups is 1. The molecule has 0 atom stereocenters. The summed E-state index contributed by atoms with van der Waals surface area (Å²) in [7, 11) is 0. The number of carbonyl (C=O) groups excluding carboxylic acids is 1. The van der Waals surface area contributed by atoms with Crippen LogP contribution in [0, 0.1) is 5.82 Å². The van der Waals surface area contributed by atoms with Crippen molar-refractivity contribution >= 4 is 23.2 Å². The van der Waals surface area contributed by atoms with E-state index in [-0.39, 0.29) is 17.5 Å². The van der Waals surface area contributed by atoms with Gasteiger partial charge in [0.2, 0.25) is 5.91 Å². The Morgan fingerprint density at radius 2 is 2.14 bits per heavy atom. The highest BCUT2D eigenvalue weighted by atomic mass is 35.5. The molecule has 1 rings (SSSR count). The summed E-state index contributed by atoms with van der Waals surface area (Å²) in [6.45, 7) is 2.18. The van der Waals surface area contributed by atoms with Crippen molar-refractivity contribution in [2.75, 3.05) is 17.3 Å². The van der Waals surface area contributed by atoms with Gasteiger partial charge in [0.1, 0.15) is 11.7 Å². The van der Waals surface area contributed by atoms with Gasteiger partial charge in [-0.25, -0.2) is 4.39 Å². The highest BCUT2D eigenvalue weighted by Crippen LogP contribution is 2.18. The molecule has 0 saturated heterocycles. The topological polar surface area (TPSA) is 20.3 Å². The third-order valence-corrected chi connectivity index (χ3v) is 2.10. The molecule has 0 bridgehead atoms. The first-order valence-corrected chi connectivity index (χ1v) is 4.85. The summed E-state index contributed by atoms with van der Waals surface area (Å²) >= 11 is 5.41. The number of benzene rings is 1. The second-order valence-electron chi connectivity index (χ2n) is 2.72. The number of halogens is 2. The maximum Gasteiger partial charge on any atom is 0.241 e. The molecule has 0 unspecified atom stereocenters. The molecule has 2 nitrogen and oxygen atoms in total. The Hall–Kier alpha value is -1.09. The van der Waals surface area contributed by atoms with Gasteiger partial charge in [-0.2, -0.15) is 0 Å². The molecule has 0 aliphatic heterocycles. The lowest BCUT2D eigenvalue weighted by Crippen LogP contribution is -2.32. The van der Waals surface area contributed by atoms with Crippen LogP contribution >= 0.6 is 11.6 Å². The average molecular weight is 216 g/mol. The number of nitrogens with zero attached hydrogens (tertiary/aromatic N) is 1. The molecule has 4 heteroatoms. The van der Waals surface area contributed by atoms with Gasteiger partial charge in [0.15, 0.2) is 0 Å². The van der Waals surface area contributed by atoms with Crippen LogP contribution in [0.5, 0.6) is 0 Å². The van der Waals surface area contributed by atoms with Crippen molar-refractivity contribution in [3.63, 3.8) is 0 Å². The second-order valence-corrected chi connectivity index (χ2v) is 2.99. The van der Waals surface area contributed by atoms with Crippen LogP contribution in [0.1, 0.15) is 6.92 Å². The van der Waals surface area contributed by atoms with Gasteiger partial charge in [0.25, 0.3) is 0 Å². The summed E-state index contributed by atoms with van der Waals surface area (Å²) in [4.78, 5) is 12.6. The van der Waals surface area contributed by atoms with Gasteiger partial charge in [0.05, 0.1) is 5.69 Å².